The Labute approximate surface area is 163 Å². The number of amides is 1. The summed E-state index contributed by atoms with van der Waals surface area (Å²) in [5.74, 6) is 0.588. The second kappa shape index (κ2) is 7.24. The molecule has 2 aromatic rings. The quantitative estimate of drug-likeness (QED) is 0.845. The molecule has 5 nitrogen and oxygen atoms in total. The maximum atomic E-state index is 12.6. The van der Waals surface area contributed by atoms with E-state index in [2.05, 4.69) is 28.9 Å². The lowest BCUT2D eigenvalue weighted by Crippen LogP contribution is -2.36. The summed E-state index contributed by atoms with van der Waals surface area (Å²) in [6, 6.07) is 6.44. The third-order valence-electron chi connectivity index (χ3n) is 5.70. The second-order valence-electron chi connectivity index (χ2n) is 7.77. The number of thiazole rings is 1. The molecule has 1 amide bonds. The van der Waals surface area contributed by atoms with Crippen molar-refractivity contribution in [2.75, 3.05) is 29.9 Å². The number of benzene rings is 1. The van der Waals surface area contributed by atoms with Crippen molar-refractivity contribution in [1.29, 1.82) is 0 Å². The largest absolute Gasteiger partial charge is 0.376 e. The van der Waals surface area contributed by atoms with Crippen LogP contribution >= 0.6 is 11.3 Å². The number of nitrogens with zero attached hydrogens (tertiary/aromatic N) is 2. The van der Waals surface area contributed by atoms with Crippen molar-refractivity contribution in [3.63, 3.8) is 0 Å². The van der Waals surface area contributed by atoms with E-state index >= 15 is 0 Å². The molecule has 6 heteroatoms. The molecule has 1 N–H and O–H groups in total. The minimum atomic E-state index is 0.270. The van der Waals surface area contributed by atoms with Crippen LogP contribution in [0.3, 0.4) is 0 Å². The lowest BCUT2D eigenvalue weighted by atomic mass is 9.98. The van der Waals surface area contributed by atoms with Gasteiger partial charge in [-0.25, -0.2) is 4.98 Å². The Balaban J connectivity index is 1.31. The SMILES string of the molecule is O=C(C1CC1)N1CCCc2cc(-c3csc(NCC4CCCO4)n3)ccc21. The molecule has 1 unspecified atom stereocenters. The molecule has 1 aromatic heterocycles. The summed E-state index contributed by atoms with van der Waals surface area (Å²) in [4.78, 5) is 19.3. The van der Waals surface area contributed by atoms with E-state index in [1.807, 2.05) is 4.90 Å². The van der Waals surface area contributed by atoms with E-state index in [4.69, 9.17) is 9.72 Å². The molecule has 5 rings (SSSR count). The maximum absolute atomic E-state index is 12.6. The first kappa shape index (κ1) is 17.2. The van der Waals surface area contributed by atoms with Gasteiger partial charge in [-0.2, -0.15) is 0 Å². The maximum Gasteiger partial charge on any atom is 0.230 e. The van der Waals surface area contributed by atoms with Gasteiger partial charge in [0.05, 0.1) is 11.8 Å². The van der Waals surface area contributed by atoms with Crippen LogP contribution in [0.25, 0.3) is 11.3 Å². The average molecular weight is 384 g/mol. The molecular weight excluding hydrogens is 358 g/mol. The van der Waals surface area contributed by atoms with Gasteiger partial charge in [0, 0.05) is 42.2 Å². The zero-order valence-electron chi connectivity index (χ0n) is 15.4. The van der Waals surface area contributed by atoms with Crippen LogP contribution < -0.4 is 10.2 Å². The van der Waals surface area contributed by atoms with Gasteiger partial charge in [0.1, 0.15) is 0 Å². The van der Waals surface area contributed by atoms with Crippen LogP contribution in [0.1, 0.15) is 37.7 Å². The Kier molecular flexibility index (Phi) is 4.61. The molecule has 3 aliphatic rings. The summed E-state index contributed by atoms with van der Waals surface area (Å²) in [6.45, 7) is 2.57. The molecule has 2 fully saturated rings. The number of hydrogen-bond donors (Lipinski definition) is 1. The fourth-order valence-electron chi connectivity index (χ4n) is 4.03. The highest BCUT2D eigenvalue weighted by Crippen LogP contribution is 2.37. The van der Waals surface area contributed by atoms with Crippen LogP contribution in [0.5, 0.6) is 0 Å². The lowest BCUT2D eigenvalue weighted by Gasteiger charge is -2.30. The van der Waals surface area contributed by atoms with Crippen molar-refractivity contribution in [2.45, 2.75) is 44.6 Å². The van der Waals surface area contributed by atoms with Crippen LogP contribution in [0.4, 0.5) is 10.8 Å². The molecule has 1 aliphatic carbocycles. The topological polar surface area (TPSA) is 54.5 Å². The third kappa shape index (κ3) is 3.60. The van der Waals surface area contributed by atoms with Crippen molar-refractivity contribution >= 4 is 28.1 Å². The van der Waals surface area contributed by atoms with Crippen molar-refractivity contribution in [2.24, 2.45) is 5.92 Å². The number of aryl methyl sites for hydroxylation is 1. The predicted octanol–water partition coefficient (Wildman–Crippen LogP) is 4.09. The van der Waals surface area contributed by atoms with Gasteiger partial charge in [-0.3, -0.25) is 4.79 Å². The van der Waals surface area contributed by atoms with Gasteiger partial charge in [0.2, 0.25) is 5.91 Å². The van der Waals surface area contributed by atoms with Gasteiger partial charge >= 0.3 is 0 Å². The predicted molar refractivity (Wildman–Crippen MR) is 108 cm³/mol. The Morgan fingerprint density at radius 2 is 2.22 bits per heavy atom. The first-order valence-corrected chi connectivity index (χ1v) is 10.9. The highest BCUT2D eigenvalue weighted by atomic mass is 32.1. The number of anilines is 2. The molecule has 0 bridgehead atoms. The molecule has 3 heterocycles. The van der Waals surface area contributed by atoms with Crippen molar-refractivity contribution in [1.82, 2.24) is 4.98 Å². The average Bonchev–Trinajstić information content (AvgIpc) is 3.22. The fourth-order valence-corrected chi connectivity index (χ4v) is 4.76. The Morgan fingerprint density at radius 1 is 1.30 bits per heavy atom. The summed E-state index contributed by atoms with van der Waals surface area (Å²) in [6.07, 6.45) is 6.80. The number of carbonyl (C=O) groups is 1. The molecule has 1 atom stereocenters. The molecule has 1 saturated heterocycles. The molecule has 2 aliphatic heterocycles. The van der Waals surface area contributed by atoms with Gasteiger partial charge in [-0.05, 0) is 56.2 Å². The monoisotopic (exact) mass is 383 g/mol. The summed E-state index contributed by atoms with van der Waals surface area (Å²) in [5.41, 5.74) is 4.52. The Bertz CT molecular complexity index is 840. The molecular formula is C21H25N3O2S. The summed E-state index contributed by atoms with van der Waals surface area (Å²) < 4.78 is 5.66. The highest BCUT2D eigenvalue weighted by Gasteiger charge is 2.35. The highest BCUT2D eigenvalue weighted by molar-refractivity contribution is 7.14. The van der Waals surface area contributed by atoms with Crippen molar-refractivity contribution in [3.05, 3.63) is 29.1 Å². The second-order valence-corrected chi connectivity index (χ2v) is 8.62. The molecule has 0 radical (unpaired) electrons. The number of carbonyl (C=O) groups excluding carboxylic acids is 1. The van der Waals surface area contributed by atoms with Crippen LogP contribution in [-0.4, -0.2) is 36.7 Å². The van der Waals surface area contributed by atoms with E-state index in [-0.39, 0.29) is 5.92 Å². The van der Waals surface area contributed by atoms with Gasteiger partial charge in [-0.1, -0.05) is 6.07 Å². The summed E-state index contributed by atoms with van der Waals surface area (Å²) in [7, 11) is 0. The van der Waals surface area contributed by atoms with E-state index in [0.29, 0.717) is 12.0 Å². The summed E-state index contributed by atoms with van der Waals surface area (Å²) >= 11 is 1.64. The van der Waals surface area contributed by atoms with Crippen LogP contribution in [-0.2, 0) is 16.0 Å². The number of ether oxygens (including phenoxy) is 1. The van der Waals surface area contributed by atoms with Crippen LogP contribution in [0, 0.1) is 5.92 Å². The Hall–Kier alpha value is -1.92. The molecule has 1 saturated carbocycles. The van der Waals surface area contributed by atoms with E-state index in [1.54, 1.807) is 11.3 Å². The zero-order chi connectivity index (χ0) is 18.2. The molecule has 142 valence electrons. The number of rotatable bonds is 5. The van der Waals surface area contributed by atoms with Gasteiger partial charge < -0.3 is 15.0 Å². The smallest absolute Gasteiger partial charge is 0.230 e. The van der Waals surface area contributed by atoms with E-state index < -0.39 is 0 Å². The minimum absolute atomic E-state index is 0.270. The first-order valence-electron chi connectivity index (χ1n) is 10.0. The summed E-state index contributed by atoms with van der Waals surface area (Å²) in [5, 5.41) is 6.46. The van der Waals surface area contributed by atoms with Crippen LogP contribution in [0.15, 0.2) is 23.6 Å². The number of aromatic nitrogens is 1. The third-order valence-corrected chi connectivity index (χ3v) is 6.50. The minimum Gasteiger partial charge on any atom is -0.376 e. The fraction of sp³-hybridized carbons (Fsp3) is 0.524. The lowest BCUT2D eigenvalue weighted by molar-refractivity contribution is -0.119. The molecule has 0 spiro atoms. The number of nitrogens with one attached hydrogen (secondary N) is 1. The van der Waals surface area contributed by atoms with Gasteiger partial charge in [-0.15, -0.1) is 11.3 Å². The van der Waals surface area contributed by atoms with Crippen LogP contribution in [0.2, 0.25) is 0 Å². The van der Waals surface area contributed by atoms with Gasteiger partial charge in [0.25, 0.3) is 0 Å². The van der Waals surface area contributed by atoms with Crippen molar-refractivity contribution < 1.29 is 9.53 Å². The van der Waals surface area contributed by atoms with E-state index in [9.17, 15) is 4.79 Å². The first-order chi connectivity index (χ1) is 13.3. The van der Waals surface area contributed by atoms with E-state index in [1.165, 1.54) is 5.56 Å². The zero-order valence-corrected chi connectivity index (χ0v) is 16.3. The van der Waals surface area contributed by atoms with E-state index in [0.717, 1.165) is 80.3 Å². The van der Waals surface area contributed by atoms with Crippen molar-refractivity contribution in [3.8, 4) is 11.3 Å². The normalized spacial score (nSPS) is 21.9. The molecule has 1 aromatic carbocycles. The Morgan fingerprint density at radius 3 is 3.04 bits per heavy atom. The number of fused-ring (bicyclic) bond motifs is 1. The standard InChI is InChI=1S/C21H25N3O2S/c25-20(14-5-6-14)24-9-1-3-16-11-15(7-8-19(16)24)18-13-27-21(23-18)22-12-17-4-2-10-26-17/h7-8,11,13-14,17H,1-6,9-10,12H2,(H,22,23). The number of hydrogen-bond acceptors (Lipinski definition) is 5. The molecule has 27 heavy (non-hydrogen) atoms. The van der Waals surface area contributed by atoms with Gasteiger partial charge in [0.15, 0.2) is 5.13 Å².